The van der Waals surface area contributed by atoms with E-state index in [0.29, 0.717) is 17.5 Å². The van der Waals surface area contributed by atoms with Gasteiger partial charge in [-0.3, -0.25) is 0 Å². The van der Waals surface area contributed by atoms with E-state index in [2.05, 4.69) is 91.0 Å². The summed E-state index contributed by atoms with van der Waals surface area (Å²) in [5, 5.41) is 0. The third kappa shape index (κ3) is 4.81. The van der Waals surface area contributed by atoms with Crippen molar-refractivity contribution >= 4 is 0 Å². The van der Waals surface area contributed by atoms with Gasteiger partial charge in [0, 0.05) is 16.7 Å². The predicted molar refractivity (Wildman–Crippen MR) is 175 cm³/mol. The maximum Gasteiger partial charge on any atom is 0.164 e. The molecule has 1 aliphatic rings. The first-order chi connectivity index (χ1) is 21.3. The van der Waals surface area contributed by atoms with Gasteiger partial charge in [-0.25, -0.2) is 15.0 Å². The number of hydrogen-bond acceptors (Lipinski definition) is 3. The molecule has 3 nitrogen and oxygen atoms in total. The van der Waals surface area contributed by atoms with Crippen LogP contribution in [0.2, 0.25) is 0 Å². The van der Waals surface area contributed by atoms with Crippen molar-refractivity contribution in [3.8, 4) is 67.5 Å². The third-order valence-corrected chi connectivity index (χ3v) is 8.12. The van der Waals surface area contributed by atoms with E-state index in [1.165, 1.54) is 27.8 Å². The first-order valence-electron chi connectivity index (χ1n) is 14.6. The Labute approximate surface area is 251 Å². The van der Waals surface area contributed by atoms with E-state index in [4.69, 9.17) is 15.0 Å². The molecule has 0 aliphatic heterocycles. The van der Waals surface area contributed by atoms with Gasteiger partial charge in [-0.2, -0.15) is 0 Å². The second kappa shape index (κ2) is 10.6. The van der Waals surface area contributed by atoms with E-state index in [1.54, 1.807) is 0 Å². The van der Waals surface area contributed by atoms with Crippen molar-refractivity contribution in [3.05, 3.63) is 163 Å². The molecular weight excluding hydrogens is 522 g/mol. The number of rotatable bonds is 5. The van der Waals surface area contributed by atoms with Crippen molar-refractivity contribution in [1.82, 2.24) is 15.0 Å². The van der Waals surface area contributed by atoms with Gasteiger partial charge in [-0.05, 0) is 69.1 Å². The molecule has 7 aromatic rings. The summed E-state index contributed by atoms with van der Waals surface area (Å²) in [6.45, 7) is 0. The number of hydrogen-bond donors (Lipinski definition) is 0. The lowest BCUT2D eigenvalue weighted by Crippen LogP contribution is -2.00. The lowest BCUT2D eigenvalue weighted by atomic mass is 9.94. The zero-order valence-corrected chi connectivity index (χ0v) is 23.5. The van der Waals surface area contributed by atoms with Crippen molar-refractivity contribution in [2.75, 3.05) is 0 Å². The second-order valence-corrected chi connectivity index (χ2v) is 10.9. The van der Waals surface area contributed by atoms with Gasteiger partial charge < -0.3 is 0 Å². The molecule has 0 unspecified atom stereocenters. The van der Waals surface area contributed by atoms with Crippen LogP contribution in [0.5, 0.6) is 0 Å². The number of fused-ring (bicyclic) bond motifs is 3. The topological polar surface area (TPSA) is 38.7 Å². The van der Waals surface area contributed by atoms with Crippen molar-refractivity contribution in [3.63, 3.8) is 0 Å². The second-order valence-electron chi connectivity index (χ2n) is 10.9. The summed E-state index contributed by atoms with van der Waals surface area (Å²) in [4.78, 5) is 15.0. The van der Waals surface area contributed by atoms with Crippen LogP contribution in [-0.4, -0.2) is 15.0 Å². The Kier molecular flexibility index (Phi) is 6.20. The molecule has 0 bridgehead atoms. The molecule has 202 valence electrons. The van der Waals surface area contributed by atoms with Crippen LogP contribution >= 0.6 is 0 Å². The Bertz CT molecular complexity index is 2030. The molecule has 0 N–H and O–H groups in total. The Morgan fingerprint density at radius 3 is 1.40 bits per heavy atom. The predicted octanol–water partition coefficient (Wildman–Crippen LogP) is 9.78. The van der Waals surface area contributed by atoms with Crippen molar-refractivity contribution < 1.29 is 0 Å². The molecule has 43 heavy (non-hydrogen) atoms. The SMILES string of the molecule is c1ccc(-c2cc(-c3ccc4c(c3)Cc3ccccc3-4)cc(-c3nc(-c4ccccc4)nc(-c4ccccc4)n3)c2)cc1. The van der Waals surface area contributed by atoms with Gasteiger partial charge in [0.05, 0.1) is 0 Å². The fourth-order valence-corrected chi connectivity index (χ4v) is 5.98. The third-order valence-electron chi connectivity index (χ3n) is 8.12. The van der Waals surface area contributed by atoms with E-state index in [9.17, 15) is 0 Å². The zero-order chi connectivity index (χ0) is 28.6. The minimum Gasteiger partial charge on any atom is -0.208 e. The molecule has 8 rings (SSSR count). The molecule has 0 radical (unpaired) electrons. The van der Waals surface area contributed by atoms with Gasteiger partial charge in [0.1, 0.15) is 0 Å². The van der Waals surface area contributed by atoms with Crippen LogP contribution < -0.4 is 0 Å². The fraction of sp³-hybridized carbons (Fsp3) is 0.0250. The highest BCUT2D eigenvalue weighted by molar-refractivity contribution is 5.84. The number of aromatic nitrogens is 3. The standard InChI is InChI=1S/C40H27N3/c1-4-12-27(13-5-1)32-24-33(30-20-21-37-34(22-30)23-31-18-10-11-19-36(31)37)26-35(25-32)40-42-38(28-14-6-2-7-15-28)41-39(43-40)29-16-8-3-9-17-29/h1-22,24-26H,23H2. The maximum atomic E-state index is 5.03. The highest BCUT2D eigenvalue weighted by Gasteiger charge is 2.19. The number of benzene rings is 6. The monoisotopic (exact) mass is 549 g/mol. The summed E-state index contributed by atoms with van der Waals surface area (Å²) in [5.41, 5.74) is 12.9. The maximum absolute atomic E-state index is 5.03. The van der Waals surface area contributed by atoms with E-state index in [0.717, 1.165) is 39.8 Å². The van der Waals surface area contributed by atoms with Crippen LogP contribution in [0.3, 0.4) is 0 Å². The van der Waals surface area contributed by atoms with Gasteiger partial charge >= 0.3 is 0 Å². The first-order valence-corrected chi connectivity index (χ1v) is 14.6. The Balaban J connectivity index is 1.31. The van der Waals surface area contributed by atoms with Crippen LogP contribution in [0.1, 0.15) is 11.1 Å². The van der Waals surface area contributed by atoms with Gasteiger partial charge in [0.2, 0.25) is 0 Å². The van der Waals surface area contributed by atoms with Gasteiger partial charge in [-0.15, -0.1) is 0 Å². The molecule has 0 spiro atoms. The van der Waals surface area contributed by atoms with Gasteiger partial charge in [0.15, 0.2) is 17.5 Å². The van der Waals surface area contributed by atoms with Crippen LogP contribution in [0.25, 0.3) is 67.5 Å². The van der Waals surface area contributed by atoms with Crippen molar-refractivity contribution in [1.29, 1.82) is 0 Å². The molecule has 0 fully saturated rings. The highest BCUT2D eigenvalue weighted by atomic mass is 15.0. The molecule has 0 amide bonds. The molecule has 1 aliphatic carbocycles. The van der Waals surface area contributed by atoms with Gasteiger partial charge in [-0.1, -0.05) is 133 Å². The highest BCUT2D eigenvalue weighted by Crippen LogP contribution is 2.40. The summed E-state index contributed by atoms with van der Waals surface area (Å²) >= 11 is 0. The van der Waals surface area contributed by atoms with E-state index < -0.39 is 0 Å². The molecule has 0 atom stereocenters. The molecule has 1 heterocycles. The average Bonchev–Trinajstić information content (AvgIpc) is 3.47. The normalized spacial score (nSPS) is 11.6. The largest absolute Gasteiger partial charge is 0.208 e. The molecule has 3 heteroatoms. The molecule has 0 saturated carbocycles. The van der Waals surface area contributed by atoms with E-state index in [1.807, 2.05) is 60.7 Å². The Morgan fingerprint density at radius 1 is 0.302 bits per heavy atom. The van der Waals surface area contributed by atoms with Gasteiger partial charge in [0.25, 0.3) is 0 Å². The molecule has 6 aromatic carbocycles. The average molecular weight is 550 g/mol. The smallest absolute Gasteiger partial charge is 0.164 e. The Morgan fingerprint density at radius 2 is 0.767 bits per heavy atom. The summed E-state index contributed by atoms with van der Waals surface area (Å²) < 4.78 is 0. The van der Waals surface area contributed by atoms with Crippen LogP contribution in [-0.2, 0) is 6.42 Å². The quantitative estimate of drug-likeness (QED) is 0.214. The lowest BCUT2D eigenvalue weighted by molar-refractivity contribution is 1.07. The summed E-state index contributed by atoms with van der Waals surface area (Å²) in [6, 6.07) is 53.0. The first kappa shape index (κ1) is 25.1. The van der Waals surface area contributed by atoms with Crippen LogP contribution in [0.4, 0.5) is 0 Å². The summed E-state index contributed by atoms with van der Waals surface area (Å²) in [6.07, 6.45) is 0.957. The van der Waals surface area contributed by atoms with E-state index in [-0.39, 0.29) is 0 Å². The van der Waals surface area contributed by atoms with Crippen LogP contribution in [0, 0.1) is 0 Å². The van der Waals surface area contributed by atoms with Crippen molar-refractivity contribution in [2.45, 2.75) is 6.42 Å². The minimum absolute atomic E-state index is 0.653. The summed E-state index contributed by atoms with van der Waals surface area (Å²) in [7, 11) is 0. The Hall–Kier alpha value is -5.67. The molecule has 1 aromatic heterocycles. The zero-order valence-electron chi connectivity index (χ0n) is 23.5. The fourth-order valence-electron chi connectivity index (χ4n) is 5.98. The number of nitrogens with zero attached hydrogens (tertiary/aromatic N) is 3. The molecule has 0 saturated heterocycles. The van der Waals surface area contributed by atoms with Crippen molar-refractivity contribution in [2.24, 2.45) is 0 Å². The molecular formula is C40H27N3. The van der Waals surface area contributed by atoms with Crippen LogP contribution in [0.15, 0.2) is 152 Å². The van der Waals surface area contributed by atoms with E-state index >= 15 is 0 Å². The lowest BCUT2D eigenvalue weighted by Gasteiger charge is -2.13. The summed E-state index contributed by atoms with van der Waals surface area (Å²) in [5.74, 6) is 1.97. The minimum atomic E-state index is 0.653.